The molecule has 97 valence electrons. The Hall–Kier alpha value is 0.342. The van der Waals surface area contributed by atoms with Crippen LogP contribution in [-0.2, 0) is 4.79 Å². The molecule has 0 saturated heterocycles. The van der Waals surface area contributed by atoms with Crippen molar-refractivity contribution in [2.75, 3.05) is 14.1 Å². The Bertz CT molecular complexity index is 259. The molecule has 5 nitrogen and oxygen atoms in total. The molecular weight excluding hydrogens is 433 g/mol. The third kappa shape index (κ3) is 8.12. The minimum absolute atomic E-state index is 0. The van der Waals surface area contributed by atoms with Crippen molar-refractivity contribution in [3.05, 3.63) is 0 Å². The van der Waals surface area contributed by atoms with E-state index in [1.165, 1.54) is 6.92 Å². The predicted octanol–water partition coefficient (Wildman–Crippen LogP) is 0.437. The Morgan fingerprint density at radius 1 is 1.41 bits per heavy atom. The molecule has 0 aromatic heterocycles. The second-order valence-corrected chi connectivity index (χ2v) is 4.47. The van der Waals surface area contributed by atoms with Gasteiger partial charge in [-0.05, 0) is 13.3 Å². The van der Waals surface area contributed by atoms with Crippen molar-refractivity contribution in [1.82, 2.24) is 10.2 Å². The molecule has 0 aliphatic carbocycles. The molecule has 6 heteroatoms. The first-order chi connectivity index (χ1) is 7.25. The molecule has 3 atom stereocenters. The monoisotopic (exact) mass is 456 g/mol. The third-order valence-electron chi connectivity index (χ3n) is 2.55. The first-order valence-corrected chi connectivity index (χ1v) is 5.46. The zero-order valence-corrected chi connectivity index (χ0v) is 16.1. The minimum Gasteiger partial charge on any atom is -0.391 e. The summed E-state index contributed by atoms with van der Waals surface area (Å²) in [6.45, 7) is 5.08. The summed E-state index contributed by atoms with van der Waals surface area (Å²) in [4.78, 5) is 12.5. The second kappa shape index (κ2) is 9.30. The summed E-state index contributed by atoms with van der Waals surface area (Å²) in [5.41, 5.74) is 0. The molecule has 0 spiro atoms. The normalized spacial score (nSPS) is 15.2. The van der Waals surface area contributed by atoms with Crippen molar-refractivity contribution in [2.24, 2.45) is 5.92 Å². The summed E-state index contributed by atoms with van der Waals surface area (Å²) in [6, 6.07) is -0.282. The van der Waals surface area contributed by atoms with E-state index in [2.05, 4.69) is 5.32 Å². The molecule has 1 radical (unpaired) electrons. The molecule has 0 saturated carbocycles. The molecule has 0 aliphatic heterocycles. The summed E-state index contributed by atoms with van der Waals surface area (Å²) in [5, 5.41) is 20.2. The molecule has 0 aliphatic rings. The predicted molar refractivity (Wildman–Crippen MR) is 64.5 cm³/mol. The van der Waals surface area contributed by atoms with Gasteiger partial charge < -0.3 is 15.3 Å². The Kier molecular flexibility index (Phi) is 10.8. The smallest absolute Gasteiger partial charge is 0.217 e. The van der Waals surface area contributed by atoms with Crippen molar-refractivity contribution in [3.63, 3.8) is 0 Å². The molecular formula is C11H23AcN3O2. The van der Waals surface area contributed by atoms with Crippen LogP contribution in [0.15, 0.2) is 0 Å². The van der Waals surface area contributed by atoms with Crippen LogP contribution in [0.1, 0.15) is 27.2 Å². The number of carbonyl (C=O) groups excluding carboxylic acids is 1. The number of carbonyl (C=O) groups is 1. The van der Waals surface area contributed by atoms with E-state index in [0.717, 1.165) is 0 Å². The van der Waals surface area contributed by atoms with Crippen LogP contribution in [0.2, 0.25) is 0 Å². The Labute approximate surface area is 139 Å². The largest absolute Gasteiger partial charge is 0.391 e. The number of amides is 1. The van der Waals surface area contributed by atoms with Gasteiger partial charge in [-0.3, -0.25) is 10.2 Å². The van der Waals surface area contributed by atoms with E-state index < -0.39 is 6.10 Å². The van der Waals surface area contributed by atoms with Gasteiger partial charge in [-0.25, -0.2) is 0 Å². The van der Waals surface area contributed by atoms with Crippen LogP contribution < -0.4 is 5.32 Å². The maximum Gasteiger partial charge on any atom is 0.217 e. The van der Waals surface area contributed by atoms with Gasteiger partial charge in [-0.1, -0.05) is 6.92 Å². The summed E-state index contributed by atoms with van der Waals surface area (Å²) < 4.78 is 0. The number of hydrogen-bond donors (Lipinski definition) is 3. The summed E-state index contributed by atoms with van der Waals surface area (Å²) in [6.07, 6.45) is -0.155. The van der Waals surface area contributed by atoms with Gasteiger partial charge in [0, 0.05) is 71.0 Å². The Balaban J connectivity index is 0. The number of nitrogens with one attached hydrogen (secondary N) is 2. The van der Waals surface area contributed by atoms with E-state index in [0.29, 0.717) is 12.3 Å². The molecule has 0 fully saturated rings. The average Bonchev–Trinajstić information content (AvgIpc) is 2.14. The Morgan fingerprint density at radius 2 is 1.88 bits per heavy atom. The van der Waals surface area contributed by atoms with Crippen LogP contribution in [0.4, 0.5) is 0 Å². The SMILES string of the molecule is CC(=O)NC(C)C(O)CC(C)C(=N)N(C)C.[Ac]. The number of hydrogen-bond acceptors (Lipinski definition) is 3. The number of amidine groups is 1. The van der Waals surface area contributed by atoms with E-state index >= 15 is 0 Å². The van der Waals surface area contributed by atoms with Crippen LogP contribution >= 0.6 is 0 Å². The van der Waals surface area contributed by atoms with Crippen molar-refractivity contribution >= 4 is 11.7 Å². The van der Waals surface area contributed by atoms with E-state index in [9.17, 15) is 9.90 Å². The van der Waals surface area contributed by atoms with Gasteiger partial charge in [-0.15, -0.1) is 0 Å². The van der Waals surface area contributed by atoms with Gasteiger partial charge in [-0.2, -0.15) is 0 Å². The standard InChI is InChI=1S/C11H23N3O2.Ac/c1-7(11(12)14(4)5)6-10(16)8(2)13-9(3)15;/h7-8,10,12,16H,6H2,1-5H3,(H,13,15);. The number of rotatable bonds is 5. The zero-order valence-electron chi connectivity index (χ0n) is 11.3. The van der Waals surface area contributed by atoms with Crippen molar-refractivity contribution in [3.8, 4) is 0 Å². The van der Waals surface area contributed by atoms with Crippen LogP contribution in [0.5, 0.6) is 0 Å². The van der Waals surface area contributed by atoms with E-state index in [1.54, 1.807) is 11.8 Å². The van der Waals surface area contributed by atoms with Crippen LogP contribution in [0.3, 0.4) is 0 Å². The van der Waals surface area contributed by atoms with Crippen LogP contribution in [-0.4, -0.2) is 48.0 Å². The fraction of sp³-hybridized carbons (Fsp3) is 0.818. The molecule has 3 unspecified atom stereocenters. The molecule has 0 bridgehead atoms. The van der Waals surface area contributed by atoms with Crippen molar-refractivity contribution in [1.29, 1.82) is 5.41 Å². The summed E-state index contributed by atoms with van der Waals surface area (Å²) in [7, 11) is 3.62. The number of aliphatic hydroxyl groups excluding tert-OH is 1. The van der Waals surface area contributed by atoms with Gasteiger partial charge in [0.25, 0.3) is 0 Å². The molecule has 3 N–H and O–H groups in total. The Morgan fingerprint density at radius 3 is 2.24 bits per heavy atom. The quantitative estimate of drug-likeness (QED) is 0.415. The molecule has 0 heterocycles. The van der Waals surface area contributed by atoms with Crippen LogP contribution in [0.25, 0.3) is 0 Å². The van der Waals surface area contributed by atoms with Gasteiger partial charge in [0.15, 0.2) is 0 Å². The average molecular weight is 456 g/mol. The first-order valence-electron chi connectivity index (χ1n) is 5.46. The first kappa shape index (κ1) is 19.7. The maximum atomic E-state index is 10.8. The van der Waals surface area contributed by atoms with Crippen molar-refractivity contribution < 1.29 is 54.0 Å². The van der Waals surface area contributed by atoms with Gasteiger partial charge in [0.05, 0.1) is 18.0 Å². The van der Waals surface area contributed by atoms with Crippen molar-refractivity contribution in [2.45, 2.75) is 39.3 Å². The van der Waals surface area contributed by atoms with Gasteiger partial charge in [0.2, 0.25) is 5.91 Å². The van der Waals surface area contributed by atoms with Gasteiger partial charge >= 0.3 is 0 Å². The molecule has 17 heavy (non-hydrogen) atoms. The van der Waals surface area contributed by atoms with E-state index in [1.807, 2.05) is 21.0 Å². The second-order valence-electron chi connectivity index (χ2n) is 4.47. The molecule has 0 aromatic rings. The molecule has 0 rings (SSSR count). The molecule has 1 amide bonds. The molecule has 0 aromatic carbocycles. The van der Waals surface area contributed by atoms with E-state index in [4.69, 9.17) is 5.41 Å². The maximum absolute atomic E-state index is 10.8. The van der Waals surface area contributed by atoms with Gasteiger partial charge in [0.1, 0.15) is 0 Å². The fourth-order valence-corrected chi connectivity index (χ4v) is 1.54. The number of nitrogens with zero attached hydrogens (tertiary/aromatic N) is 1. The minimum atomic E-state index is -0.626. The summed E-state index contributed by atoms with van der Waals surface area (Å²) in [5.74, 6) is 0.303. The summed E-state index contributed by atoms with van der Waals surface area (Å²) >= 11 is 0. The number of aliphatic hydroxyl groups is 1. The topological polar surface area (TPSA) is 76.4 Å². The zero-order chi connectivity index (χ0) is 12.9. The van der Waals surface area contributed by atoms with E-state index in [-0.39, 0.29) is 61.9 Å². The third-order valence-corrected chi connectivity index (χ3v) is 2.55. The van der Waals surface area contributed by atoms with Crippen LogP contribution in [0, 0.1) is 55.4 Å². The fourth-order valence-electron chi connectivity index (χ4n) is 1.54.